The third kappa shape index (κ3) is 4.84. The molecular weight excluding hydrogens is 492 g/mol. The second-order valence-electron chi connectivity index (χ2n) is 7.78. The molecule has 0 aliphatic carbocycles. The fourth-order valence-electron chi connectivity index (χ4n) is 3.63. The van der Waals surface area contributed by atoms with Crippen molar-refractivity contribution in [2.75, 3.05) is 5.32 Å². The summed E-state index contributed by atoms with van der Waals surface area (Å²) in [5.74, 6) is -2.25. The third-order valence-corrected chi connectivity index (χ3v) is 6.81. The Morgan fingerprint density at radius 1 is 1.00 bits per heavy atom. The third-order valence-electron chi connectivity index (χ3n) is 5.40. The summed E-state index contributed by atoms with van der Waals surface area (Å²) in [6.07, 6.45) is 1.53. The average Bonchev–Trinajstić information content (AvgIpc) is 3.31. The van der Waals surface area contributed by atoms with Crippen molar-refractivity contribution in [1.82, 2.24) is 9.55 Å². The van der Waals surface area contributed by atoms with Gasteiger partial charge in [0.25, 0.3) is 11.5 Å². The molecule has 2 heterocycles. The molecule has 0 aliphatic heterocycles. The van der Waals surface area contributed by atoms with Gasteiger partial charge >= 0.3 is 0 Å². The minimum absolute atomic E-state index is 0.301. The Labute approximate surface area is 207 Å². The summed E-state index contributed by atoms with van der Waals surface area (Å²) >= 11 is 7.30. The number of carbonyl (C=O) groups is 1. The van der Waals surface area contributed by atoms with E-state index in [0.29, 0.717) is 22.0 Å². The molecule has 0 radical (unpaired) electrons. The molecule has 35 heavy (non-hydrogen) atoms. The Bertz CT molecular complexity index is 1610. The van der Waals surface area contributed by atoms with Crippen molar-refractivity contribution in [3.63, 3.8) is 0 Å². The number of carbonyl (C=O) groups excluding carboxylic acids is 1. The fourth-order valence-corrected chi connectivity index (χ4v) is 4.82. The fraction of sp³-hybridized carbons (Fsp3) is 0.0385. The Morgan fingerprint density at radius 3 is 2.49 bits per heavy atom. The van der Waals surface area contributed by atoms with E-state index in [1.54, 1.807) is 24.3 Å². The van der Waals surface area contributed by atoms with Crippen LogP contribution < -0.4 is 10.9 Å². The number of aromatic nitrogens is 2. The maximum Gasteiger partial charge on any atom is 0.290 e. The van der Waals surface area contributed by atoms with Crippen molar-refractivity contribution in [2.45, 2.75) is 6.54 Å². The SMILES string of the molecule is O=C(Nc1ccc(-c2cc3c(s2)c(=O)ncn3Cc2ccc(Cl)cc2)cc1)c1cc(F)ccc1F. The number of rotatable bonds is 5. The van der Waals surface area contributed by atoms with Crippen LogP contribution >= 0.6 is 22.9 Å². The first-order chi connectivity index (χ1) is 16.9. The molecule has 2 aromatic heterocycles. The van der Waals surface area contributed by atoms with Gasteiger partial charge in [-0.2, -0.15) is 4.98 Å². The van der Waals surface area contributed by atoms with Crippen LogP contribution in [0.1, 0.15) is 15.9 Å². The van der Waals surface area contributed by atoms with E-state index in [2.05, 4.69) is 10.3 Å². The normalized spacial score (nSPS) is 11.1. The molecule has 0 fully saturated rings. The first kappa shape index (κ1) is 22.9. The molecule has 0 aliphatic rings. The number of nitrogens with zero attached hydrogens (tertiary/aromatic N) is 2. The van der Waals surface area contributed by atoms with Crippen molar-refractivity contribution >= 4 is 44.7 Å². The quantitative estimate of drug-likeness (QED) is 0.301. The van der Waals surface area contributed by atoms with Gasteiger partial charge in [0.2, 0.25) is 0 Å². The smallest absolute Gasteiger partial charge is 0.290 e. The van der Waals surface area contributed by atoms with Crippen LogP contribution in [0.4, 0.5) is 14.5 Å². The molecule has 0 atom stereocenters. The van der Waals surface area contributed by atoms with Crippen molar-refractivity contribution in [2.24, 2.45) is 0 Å². The van der Waals surface area contributed by atoms with Gasteiger partial charge in [0, 0.05) is 22.1 Å². The van der Waals surface area contributed by atoms with E-state index in [9.17, 15) is 18.4 Å². The minimum Gasteiger partial charge on any atom is -0.326 e. The van der Waals surface area contributed by atoms with Gasteiger partial charge in [0.15, 0.2) is 0 Å². The summed E-state index contributed by atoms with van der Waals surface area (Å²) < 4.78 is 29.7. The molecule has 0 saturated carbocycles. The minimum atomic E-state index is -0.806. The predicted molar refractivity (Wildman–Crippen MR) is 134 cm³/mol. The number of amides is 1. The highest BCUT2D eigenvalue weighted by atomic mass is 35.5. The molecule has 1 amide bonds. The maximum atomic E-state index is 13.9. The van der Waals surface area contributed by atoms with Gasteiger partial charge < -0.3 is 9.88 Å². The van der Waals surface area contributed by atoms with Gasteiger partial charge in [-0.25, -0.2) is 8.78 Å². The lowest BCUT2D eigenvalue weighted by Crippen LogP contribution is -2.14. The summed E-state index contributed by atoms with van der Waals surface area (Å²) in [5.41, 5.74) is 2.36. The van der Waals surface area contributed by atoms with Gasteiger partial charge in [-0.15, -0.1) is 11.3 Å². The molecule has 9 heteroatoms. The highest BCUT2D eigenvalue weighted by Gasteiger charge is 2.14. The Kier molecular flexibility index (Phi) is 6.15. The van der Waals surface area contributed by atoms with E-state index < -0.39 is 17.5 Å². The lowest BCUT2D eigenvalue weighted by Gasteiger charge is -2.08. The zero-order valence-corrected chi connectivity index (χ0v) is 19.5. The molecule has 0 bridgehead atoms. The Balaban J connectivity index is 1.41. The van der Waals surface area contributed by atoms with Crippen LogP contribution in [-0.4, -0.2) is 15.5 Å². The molecule has 0 saturated heterocycles. The number of benzene rings is 3. The second-order valence-corrected chi connectivity index (χ2v) is 9.27. The highest BCUT2D eigenvalue weighted by Crippen LogP contribution is 2.32. The summed E-state index contributed by atoms with van der Waals surface area (Å²) in [4.78, 5) is 29.6. The van der Waals surface area contributed by atoms with Crippen molar-refractivity contribution in [3.05, 3.63) is 117 Å². The van der Waals surface area contributed by atoms with Crippen molar-refractivity contribution < 1.29 is 13.6 Å². The number of fused-ring (bicyclic) bond motifs is 1. The van der Waals surface area contributed by atoms with Crippen LogP contribution in [0, 0.1) is 11.6 Å². The molecule has 1 N–H and O–H groups in total. The molecule has 5 aromatic rings. The first-order valence-corrected chi connectivity index (χ1v) is 11.7. The van der Waals surface area contributed by atoms with Gasteiger partial charge in [-0.1, -0.05) is 35.9 Å². The largest absolute Gasteiger partial charge is 0.326 e. The maximum absolute atomic E-state index is 13.9. The zero-order chi connectivity index (χ0) is 24.5. The molecule has 5 nitrogen and oxygen atoms in total. The highest BCUT2D eigenvalue weighted by molar-refractivity contribution is 7.22. The van der Waals surface area contributed by atoms with Gasteiger partial charge in [-0.05, 0) is 59.7 Å². The van der Waals surface area contributed by atoms with Crippen LogP contribution in [0.15, 0.2) is 83.9 Å². The Morgan fingerprint density at radius 2 is 1.74 bits per heavy atom. The number of anilines is 1. The van der Waals surface area contributed by atoms with E-state index >= 15 is 0 Å². The first-order valence-electron chi connectivity index (χ1n) is 10.5. The van der Waals surface area contributed by atoms with E-state index in [-0.39, 0.29) is 11.1 Å². The number of hydrogen-bond acceptors (Lipinski definition) is 4. The van der Waals surface area contributed by atoms with Crippen LogP contribution in [0.5, 0.6) is 0 Å². The van der Waals surface area contributed by atoms with Crippen LogP contribution in [0.2, 0.25) is 5.02 Å². The summed E-state index contributed by atoms with van der Waals surface area (Å²) in [5, 5.41) is 3.21. The van der Waals surface area contributed by atoms with Crippen LogP contribution in [0.25, 0.3) is 20.7 Å². The topological polar surface area (TPSA) is 64.0 Å². The predicted octanol–water partition coefficient (Wildman–Crippen LogP) is 6.36. The molecule has 0 spiro atoms. The summed E-state index contributed by atoms with van der Waals surface area (Å²) in [6, 6.07) is 19.0. The average molecular weight is 508 g/mol. The number of halogens is 3. The number of hydrogen-bond donors (Lipinski definition) is 1. The van der Waals surface area contributed by atoms with Gasteiger partial charge in [-0.3, -0.25) is 9.59 Å². The van der Waals surface area contributed by atoms with E-state index in [1.165, 1.54) is 17.7 Å². The van der Waals surface area contributed by atoms with Crippen molar-refractivity contribution in [3.8, 4) is 10.4 Å². The monoisotopic (exact) mass is 507 g/mol. The molecule has 3 aromatic carbocycles. The van der Waals surface area contributed by atoms with Crippen LogP contribution in [-0.2, 0) is 6.54 Å². The molecule has 174 valence electrons. The summed E-state index contributed by atoms with van der Waals surface area (Å²) in [6.45, 7) is 0.527. The summed E-state index contributed by atoms with van der Waals surface area (Å²) in [7, 11) is 0. The lowest BCUT2D eigenvalue weighted by atomic mass is 10.1. The Hall–Kier alpha value is -3.88. The van der Waals surface area contributed by atoms with Gasteiger partial charge in [0.05, 0.1) is 17.4 Å². The molecule has 0 unspecified atom stereocenters. The van der Waals surface area contributed by atoms with E-state index in [4.69, 9.17) is 11.6 Å². The van der Waals surface area contributed by atoms with Crippen molar-refractivity contribution in [1.29, 1.82) is 0 Å². The lowest BCUT2D eigenvalue weighted by molar-refractivity contribution is 0.102. The standard InChI is InChI=1S/C26H16ClF2N3O2S/c27-17-5-1-15(2-6-17)13-32-14-30-26(34)24-22(32)12-23(35-24)16-3-8-19(9-4-16)31-25(33)20-11-18(28)7-10-21(20)29/h1-12,14H,13H2,(H,31,33). The molecular formula is C26H16ClF2N3O2S. The second kappa shape index (κ2) is 9.40. The number of nitrogens with one attached hydrogen (secondary N) is 1. The molecule has 5 rings (SSSR count). The number of thiophene rings is 1. The zero-order valence-electron chi connectivity index (χ0n) is 18.0. The van der Waals surface area contributed by atoms with Crippen LogP contribution in [0.3, 0.4) is 0 Å². The van der Waals surface area contributed by atoms with E-state index in [1.807, 2.05) is 34.9 Å². The van der Waals surface area contributed by atoms with E-state index in [0.717, 1.165) is 39.7 Å². The van der Waals surface area contributed by atoms with Gasteiger partial charge in [0.1, 0.15) is 16.3 Å².